The van der Waals surface area contributed by atoms with E-state index in [1.165, 1.54) is 6.42 Å². The van der Waals surface area contributed by atoms with Crippen molar-refractivity contribution >= 4 is 0 Å². The minimum Gasteiger partial charge on any atom is -0.352 e. The molecule has 1 heterocycles. The second-order valence-corrected chi connectivity index (χ2v) is 7.00. The Kier molecular flexibility index (Phi) is 3.83. The average Bonchev–Trinajstić information content (AvgIpc) is 2.00. The zero-order chi connectivity index (χ0) is 11.7. The lowest BCUT2D eigenvalue weighted by Crippen LogP contribution is -2.41. The Morgan fingerprint density at radius 2 is 1.40 bits per heavy atom. The van der Waals surface area contributed by atoms with Gasteiger partial charge < -0.3 is 9.47 Å². The Morgan fingerprint density at radius 1 is 0.933 bits per heavy atom. The Labute approximate surface area is 94.3 Å². The van der Waals surface area contributed by atoms with Gasteiger partial charge in [-0.2, -0.15) is 0 Å². The van der Waals surface area contributed by atoms with Gasteiger partial charge in [0.1, 0.15) is 0 Å². The summed E-state index contributed by atoms with van der Waals surface area (Å²) in [5.74, 6) is 0.559. The first-order valence-corrected chi connectivity index (χ1v) is 5.92. The molecule has 0 spiro atoms. The van der Waals surface area contributed by atoms with Gasteiger partial charge in [0.25, 0.3) is 0 Å². The lowest BCUT2D eigenvalue weighted by molar-refractivity contribution is -0.244. The van der Waals surface area contributed by atoms with Crippen LogP contribution < -0.4 is 0 Å². The van der Waals surface area contributed by atoms with Crippen molar-refractivity contribution in [3.8, 4) is 0 Å². The number of hydrogen-bond acceptors (Lipinski definition) is 2. The van der Waals surface area contributed by atoms with Gasteiger partial charge in [0.2, 0.25) is 0 Å². The van der Waals surface area contributed by atoms with E-state index < -0.39 is 0 Å². The summed E-state index contributed by atoms with van der Waals surface area (Å²) in [6, 6.07) is 0. The summed E-state index contributed by atoms with van der Waals surface area (Å²) in [6.07, 6.45) is 1.14. The molecule has 0 radical (unpaired) electrons. The van der Waals surface area contributed by atoms with Crippen molar-refractivity contribution in [2.24, 2.45) is 16.7 Å². The van der Waals surface area contributed by atoms with E-state index in [9.17, 15) is 0 Å². The summed E-state index contributed by atoms with van der Waals surface area (Å²) < 4.78 is 11.6. The summed E-state index contributed by atoms with van der Waals surface area (Å²) in [6.45, 7) is 15.0. The molecule has 0 bridgehead atoms. The molecule has 0 amide bonds. The van der Waals surface area contributed by atoms with Crippen LogP contribution in [-0.2, 0) is 9.47 Å². The highest BCUT2D eigenvalue weighted by atomic mass is 16.7. The summed E-state index contributed by atoms with van der Waals surface area (Å²) in [5.41, 5.74) is 0.457. The largest absolute Gasteiger partial charge is 0.352 e. The van der Waals surface area contributed by atoms with Gasteiger partial charge in [-0.15, -0.1) is 0 Å². The molecule has 1 aliphatic heterocycles. The number of hydrogen-bond donors (Lipinski definition) is 0. The molecule has 1 fully saturated rings. The van der Waals surface area contributed by atoms with Gasteiger partial charge in [0.15, 0.2) is 6.29 Å². The van der Waals surface area contributed by atoms with Gasteiger partial charge in [0, 0.05) is 11.3 Å². The molecular formula is C13H26O2. The topological polar surface area (TPSA) is 18.5 Å². The quantitative estimate of drug-likeness (QED) is 0.665. The van der Waals surface area contributed by atoms with Crippen LogP contribution in [-0.4, -0.2) is 19.5 Å². The predicted octanol–water partition coefficient (Wildman–Crippen LogP) is 3.46. The van der Waals surface area contributed by atoms with E-state index >= 15 is 0 Å². The van der Waals surface area contributed by atoms with Crippen molar-refractivity contribution in [3.63, 3.8) is 0 Å². The summed E-state index contributed by atoms with van der Waals surface area (Å²) >= 11 is 0. The molecule has 0 atom stereocenters. The zero-order valence-electron chi connectivity index (χ0n) is 11.1. The standard InChI is InChI=1S/C13H26O2/c1-12(2,3)7-10-8-14-11(15-9-10)13(4,5)6/h10-11H,7-9H2,1-6H3. The fourth-order valence-electron chi connectivity index (χ4n) is 2.03. The molecule has 0 unspecified atom stereocenters. The molecular weight excluding hydrogens is 188 g/mol. The minimum atomic E-state index is -0.0336. The van der Waals surface area contributed by atoms with Gasteiger partial charge in [-0.3, -0.25) is 0 Å². The van der Waals surface area contributed by atoms with Gasteiger partial charge in [-0.1, -0.05) is 41.5 Å². The number of rotatable bonds is 1. The third kappa shape index (κ3) is 4.52. The van der Waals surface area contributed by atoms with Crippen LogP contribution in [0.25, 0.3) is 0 Å². The van der Waals surface area contributed by atoms with Crippen LogP contribution in [0.1, 0.15) is 48.0 Å². The molecule has 1 rings (SSSR count). The fraction of sp³-hybridized carbons (Fsp3) is 1.00. The summed E-state index contributed by atoms with van der Waals surface area (Å²) in [5, 5.41) is 0. The van der Waals surface area contributed by atoms with Crippen molar-refractivity contribution in [3.05, 3.63) is 0 Å². The lowest BCUT2D eigenvalue weighted by atomic mass is 9.85. The van der Waals surface area contributed by atoms with Crippen molar-refractivity contribution in [1.29, 1.82) is 0 Å². The maximum atomic E-state index is 5.78. The van der Waals surface area contributed by atoms with E-state index in [-0.39, 0.29) is 11.7 Å². The maximum Gasteiger partial charge on any atom is 0.162 e. The molecule has 0 N–H and O–H groups in total. The molecule has 0 aromatic carbocycles. The van der Waals surface area contributed by atoms with Gasteiger partial charge in [-0.25, -0.2) is 0 Å². The molecule has 0 aromatic heterocycles. The number of ether oxygens (including phenoxy) is 2. The molecule has 2 heteroatoms. The van der Waals surface area contributed by atoms with Gasteiger partial charge in [-0.05, 0) is 11.8 Å². The summed E-state index contributed by atoms with van der Waals surface area (Å²) in [7, 11) is 0. The Hall–Kier alpha value is -0.0800. The van der Waals surface area contributed by atoms with E-state index in [4.69, 9.17) is 9.47 Å². The third-order valence-electron chi connectivity index (χ3n) is 2.57. The highest BCUT2D eigenvalue weighted by Gasteiger charge is 2.32. The molecule has 0 aliphatic carbocycles. The second kappa shape index (κ2) is 4.42. The van der Waals surface area contributed by atoms with Crippen LogP contribution in [0.2, 0.25) is 0 Å². The van der Waals surface area contributed by atoms with Crippen molar-refractivity contribution in [1.82, 2.24) is 0 Å². The lowest BCUT2D eigenvalue weighted by Gasteiger charge is -2.38. The zero-order valence-corrected chi connectivity index (χ0v) is 11.1. The predicted molar refractivity (Wildman–Crippen MR) is 62.7 cm³/mol. The van der Waals surface area contributed by atoms with E-state index in [1.54, 1.807) is 0 Å². The van der Waals surface area contributed by atoms with Gasteiger partial charge >= 0.3 is 0 Å². The van der Waals surface area contributed by atoms with Crippen molar-refractivity contribution < 1.29 is 9.47 Å². The molecule has 0 saturated carbocycles. The smallest absolute Gasteiger partial charge is 0.162 e. The van der Waals surface area contributed by atoms with Gasteiger partial charge in [0.05, 0.1) is 13.2 Å². The summed E-state index contributed by atoms with van der Waals surface area (Å²) in [4.78, 5) is 0. The van der Waals surface area contributed by atoms with Crippen molar-refractivity contribution in [2.75, 3.05) is 13.2 Å². The average molecular weight is 214 g/mol. The third-order valence-corrected chi connectivity index (χ3v) is 2.57. The van der Waals surface area contributed by atoms with Crippen LogP contribution in [0.15, 0.2) is 0 Å². The SMILES string of the molecule is CC(C)(C)CC1COC(C(C)(C)C)OC1. The van der Waals surface area contributed by atoms with Crippen LogP contribution in [0.3, 0.4) is 0 Å². The first-order chi connectivity index (χ1) is 6.68. The van der Waals surface area contributed by atoms with Crippen LogP contribution >= 0.6 is 0 Å². The van der Waals surface area contributed by atoms with Crippen LogP contribution in [0.5, 0.6) is 0 Å². The molecule has 0 aromatic rings. The maximum absolute atomic E-state index is 5.78. The monoisotopic (exact) mass is 214 g/mol. The molecule has 90 valence electrons. The highest BCUT2D eigenvalue weighted by Crippen LogP contribution is 2.31. The van der Waals surface area contributed by atoms with E-state index in [2.05, 4.69) is 41.5 Å². The van der Waals surface area contributed by atoms with E-state index in [0.717, 1.165) is 13.2 Å². The molecule has 15 heavy (non-hydrogen) atoms. The van der Waals surface area contributed by atoms with E-state index in [0.29, 0.717) is 11.3 Å². The highest BCUT2D eigenvalue weighted by molar-refractivity contribution is 4.75. The van der Waals surface area contributed by atoms with Crippen LogP contribution in [0.4, 0.5) is 0 Å². The minimum absolute atomic E-state index is 0.0336. The Balaban J connectivity index is 2.37. The normalized spacial score (nSPS) is 29.2. The molecule has 1 saturated heterocycles. The van der Waals surface area contributed by atoms with Crippen molar-refractivity contribution in [2.45, 2.75) is 54.3 Å². The Morgan fingerprint density at radius 3 is 1.73 bits per heavy atom. The van der Waals surface area contributed by atoms with Crippen LogP contribution in [0, 0.1) is 16.7 Å². The molecule has 2 nitrogen and oxygen atoms in total. The Bertz CT molecular complexity index is 190. The first kappa shape index (κ1) is 13.0. The van der Waals surface area contributed by atoms with E-state index in [1.807, 2.05) is 0 Å². The second-order valence-electron chi connectivity index (χ2n) is 7.00. The first-order valence-electron chi connectivity index (χ1n) is 5.92. The fourth-order valence-corrected chi connectivity index (χ4v) is 2.03. The molecule has 1 aliphatic rings.